The number of quaternary nitrogens is 2. The Kier molecular flexibility index (Phi) is 19.9. The molecule has 2 aliphatic rings. The van der Waals surface area contributed by atoms with Crippen LogP contribution in [0.25, 0.3) is 0 Å². The first kappa shape index (κ1) is 56.5. The number of carbonyl (C=O) groups is 2. The number of methoxy groups -OCH3 is 11. The molecule has 0 saturated carbocycles. The van der Waals surface area contributed by atoms with Crippen LogP contribution in [0.5, 0.6) is 63.2 Å². The van der Waals surface area contributed by atoms with Gasteiger partial charge in [0.2, 0.25) is 23.0 Å². The molecule has 0 aliphatic carbocycles. The maximum absolute atomic E-state index is 13.3. The van der Waals surface area contributed by atoms with Gasteiger partial charge in [-0.15, -0.1) is 0 Å². The molecule has 0 amide bonds. The highest BCUT2D eigenvalue weighted by Crippen LogP contribution is 2.52. The van der Waals surface area contributed by atoms with Gasteiger partial charge >= 0.3 is 5.97 Å². The van der Waals surface area contributed by atoms with Crippen LogP contribution in [-0.2, 0) is 40.0 Å². The predicted octanol–water partition coefficient (Wildman–Crippen LogP) is 4.34. The van der Waals surface area contributed by atoms with Crippen molar-refractivity contribution in [3.05, 3.63) is 75.8 Å². The summed E-state index contributed by atoms with van der Waals surface area (Å²) in [6.45, 7) is 3.05. The molecule has 0 bridgehead atoms. The minimum Gasteiger partial charge on any atom is -1.00 e. The Labute approximate surface area is 431 Å². The number of nitrogens with zero attached hydrogens (tertiary/aromatic N) is 2. The van der Waals surface area contributed by atoms with Crippen LogP contribution in [0.4, 0.5) is 0 Å². The van der Waals surface area contributed by atoms with Crippen molar-refractivity contribution in [2.45, 2.75) is 57.0 Å². The Morgan fingerprint density at radius 3 is 1.39 bits per heavy atom. The van der Waals surface area contributed by atoms with Crippen molar-refractivity contribution in [1.82, 2.24) is 0 Å². The topological polar surface area (TPSA) is 145 Å². The van der Waals surface area contributed by atoms with Gasteiger partial charge in [0, 0.05) is 50.9 Å². The van der Waals surface area contributed by atoms with E-state index in [-0.39, 0.29) is 43.3 Å². The molecule has 0 aromatic heterocycles. The first-order valence-corrected chi connectivity index (χ1v) is 23.8. The molecule has 0 N–H and O–H groups in total. The molecule has 72 heavy (non-hydrogen) atoms. The molecular weight excluding hydrogens is 948 g/mol. The summed E-state index contributed by atoms with van der Waals surface area (Å²) in [6, 6.07) is 13.8. The fraction of sp³-hybridized carbons (Fsp3) is 0.491. The van der Waals surface area contributed by atoms with Gasteiger partial charge in [0.25, 0.3) is 0 Å². The van der Waals surface area contributed by atoms with E-state index in [0.717, 1.165) is 59.3 Å². The van der Waals surface area contributed by atoms with Gasteiger partial charge < -0.3 is 78.2 Å². The van der Waals surface area contributed by atoms with Gasteiger partial charge in [0.05, 0.1) is 136 Å². The normalized spacial score (nSPS) is 18.6. The monoisotopic (exact) mass is 1020 g/mol. The Hall–Kier alpha value is -6.41. The minimum atomic E-state index is -0.740. The number of rotatable bonds is 23. The van der Waals surface area contributed by atoms with Gasteiger partial charge in [0.15, 0.2) is 46.0 Å². The van der Waals surface area contributed by atoms with Gasteiger partial charge in [-0.2, -0.15) is 0 Å². The van der Waals surface area contributed by atoms with Crippen molar-refractivity contribution in [1.29, 1.82) is 0 Å². The molecule has 4 aromatic carbocycles. The fourth-order valence-corrected chi connectivity index (χ4v) is 10.6. The lowest BCUT2D eigenvalue weighted by Gasteiger charge is -2.46. The summed E-state index contributed by atoms with van der Waals surface area (Å²) in [4.78, 5) is 26.3. The van der Waals surface area contributed by atoms with Gasteiger partial charge in [-0.05, 0) is 64.6 Å². The van der Waals surface area contributed by atoms with Gasteiger partial charge in [0.1, 0.15) is 12.1 Å². The van der Waals surface area contributed by atoms with E-state index in [4.69, 9.17) is 56.8 Å². The third kappa shape index (κ3) is 11.9. The Morgan fingerprint density at radius 1 is 0.500 bits per heavy atom. The van der Waals surface area contributed by atoms with Crippen LogP contribution in [0.3, 0.4) is 0 Å². The molecule has 4 atom stereocenters. The standard InChI is InChI=1S/C55H72N2O14.ClH/c1-56(25-21-37-33-46(64-7)52(67-10)54(69-12)49(37)40(56)28-35-17-19-42(60-3)43(30-35)61-4)23-14-16-39(58)18-20-48(59)71-27-15-24-57(2)26-22-38-34-47(65-8)53(68-11)55(70-13)50(38)41(57)29-36-31-44(62-5)51(66-9)45(32-36)63-6;/h17,19,30-34,40-41H,14-16,21-29H2,1-13H3;1H/q+2;/p-1. The quantitative estimate of drug-likeness (QED) is 0.0260. The van der Waals surface area contributed by atoms with Crippen molar-refractivity contribution in [2.75, 3.05) is 125 Å². The zero-order valence-corrected chi connectivity index (χ0v) is 44.9. The van der Waals surface area contributed by atoms with Crippen LogP contribution in [0.1, 0.15) is 64.7 Å². The molecule has 2 aliphatic heterocycles. The SMILES string of the molecule is COc1ccc(CC2c3c(cc(OC)c(OC)c3OC)CC[N+]2(C)CCCC(=O)C#CC(=O)OCCC[N+]2(C)CCc3cc(OC)c(OC)c(OC)c3C2Cc2cc(OC)c(OC)c(OC)c2)cc1OC.[Cl-]. The maximum atomic E-state index is 13.3. The summed E-state index contributed by atoms with van der Waals surface area (Å²) in [5.74, 6) is 10.4. The summed E-state index contributed by atoms with van der Waals surface area (Å²) in [6.07, 6.45) is 4.02. The average Bonchev–Trinajstić information content (AvgIpc) is 3.39. The lowest BCUT2D eigenvalue weighted by atomic mass is 9.85. The summed E-state index contributed by atoms with van der Waals surface area (Å²) in [5.41, 5.74) is 6.31. The number of esters is 1. The van der Waals surface area contributed by atoms with E-state index >= 15 is 0 Å². The highest BCUT2D eigenvalue weighted by atomic mass is 35.5. The number of ether oxygens (including phenoxy) is 12. The van der Waals surface area contributed by atoms with E-state index < -0.39 is 5.97 Å². The van der Waals surface area contributed by atoms with Gasteiger partial charge in [-0.3, -0.25) is 4.79 Å². The predicted molar refractivity (Wildman–Crippen MR) is 268 cm³/mol. The van der Waals surface area contributed by atoms with Gasteiger partial charge in [-0.25, -0.2) is 4.79 Å². The number of hydrogen-bond donors (Lipinski definition) is 0. The lowest BCUT2D eigenvalue weighted by molar-refractivity contribution is -0.941. The molecule has 4 unspecified atom stereocenters. The zero-order valence-electron chi connectivity index (χ0n) is 44.2. The number of benzene rings is 4. The number of fused-ring (bicyclic) bond motifs is 2. The number of likely N-dealkylation sites (N-methyl/N-ethyl adjacent to an activating group) is 2. The highest BCUT2D eigenvalue weighted by Gasteiger charge is 2.44. The summed E-state index contributed by atoms with van der Waals surface area (Å²) in [7, 11) is 22.2. The summed E-state index contributed by atoms with van der Waals surface area (Å²) < 4.78 is 70.4. The lowest BCUT2D eigenvalue weighted by Crippen LogP contribution is -3.00. The number of carbonyl (C=O) groups excluding carboxylic acids is 2. The van der Waals surface area contributed by atoms with Crippen LogP contribution in [0.15, 0.2) is 42.5 Å². The first-order valence-electron chi connectivity index (χ1n) is 23.8. The summed E-state index contributed by atoms with van der Waals surface area (Å²) in [5, 5.41) is 0. The van der Waals surface area contributed by atoms with E-state index in [1.807, 2.05) is 42.5 Å². The van der Waals surface area contributed by atoms with Crippen LogP contribution in [0, 0.1) is 11.8 Å². The molecular formula is C55H72ClN2O14+. The number of ketones is 1. The Bertz CT molecular complexity index is 2590. The maximum Gasteiger partial charge on any atom is 0.384 e. The summed E-state index contributed by atoms with van der Waals surface area (Å²) >= 11 is 0. The van der Waals surface area contributed by atoms with Crippen molar-refractivity contribution < 1.29 is 87.8 Å². The molecule has 17 heteroatoms. The average molecular weight is 1020 g/mol. The van der Waals surface area contributed by atoms with Crippen molar-refractivity contribution in [3.8, 4) is 75.1 Å². The van der Waals surface area contributed by atoms with Crippen LogP contribution in [-0.4, -0.2) is 146 Å². The zero-order chi connectivity index (χ0) is 51.5. The van der Waals surface area contributed by atoms with Crippen LogP contribution in [0.2, 0.25) is 0 Å². The Balaban J connectivity index is 0.00000963. The number of halogens is 1. The smallest absolute Gasteiger partial charge is 0.384 e. The molecule has 16 nitrogen and oxygen atoms in total. The van der Waals surface area contributed by atoms with E-state index in [9.17, 15) is 9.59 Å². The second kappa shape index (κ2) is 25.3. The van der Waals surface area contributed by atoms with E-state index in [0.29, 0.717) is 111 Å². The molecule has 4 aromatic rings. The van der Waals surface area contributed by atoms with E-state index in [1.165, 1.54) is 0 Å². The van der Waals surface area contributed by atoms with E-state index in [1.54, 1.807) is 78.2 Å². The van der Waals surface area contributed by atoms with Crippen LogP contribution >= 0.6 is 0 Å². The van der Waals surface area contributed by atoms with Crippen molar-refractivity contribution in [3.63, 3.8) is 0 Å². The molecule has 2 heterocycles. The largest absolute Gasteiger partial charge is 1.00 e. The van der Waals surface area contributed by atoms with Crippen molar-refractivity contribution >= 4 is 11.8 Å². The molecule has 6 rings (SSSR count). The Morgan fingerprint density at radius 2 is 0.931 bits per heavy atom. The number of hydrogen-bond acceptors (Lipinski definition) is 14. The molecule has 0 saturated heterocycles. The molecule has 392 valence electrons. The second-order valence-electron chi connectivity index (χ2n) is 18.2. The minimum absolute atomic E-state index is 0. The second-order valence-corrected chi connectivity index (χ2v) is 18.2. The number of Topliss-reactive ketones (excluding diaryl/α,β-unsaturated/α-hetero) is 1. The molecule has 0 fully saturated rings. The van der Waals surface area contributed by atoms with E-state index in [2.05, 4.69) is 25.9 Å². The highest BCUT2D eigenvalue weighted by molar-refractivity contribution is 6.01. The van der Waals surface area contributed by atoms with Gasteiger partial charge in [-0.1, -0.05) is 6.07 Å². The third-order valence-electron chi connectivity index (χ3n) is 14.3. The molecule has 0 spiro atoms. The first-order chi connectivity index (χ1) is 34.2. The fourth-order valence-electron chi connectivity index (χ4n) is 10.6. The third-order valence-corrected chi connectivity index (χ3v) is 14.3. The van der Waals surface area contributed by atoms with Crippen LogP contribution < -0.4 is 64.5 Å². The van der Waals surface area contributed by atoms with Crippen molar-refractivity contribution in [2.24, 2.45) is 0 Å². The molecule has 0 radical (unpaired) electrons.